The molecule has 5 nitrogen and oxygen atoms in total. The van der Waals surface area contributed by atoms with Crippen molar-refractivity contribution in [1.82, 2.24) is 20.0 Å². The number of hydrogen-bond donors (Lipinski definition) is 1. The summed E-state index contributed by atoms with van der Waals surface area (Å²) in [6, 6.07) is 20.2. The monoisotopic (exact) mass is 362 g/mol. The summed E-state index contributed by atoms with van der Waals surface area (Å²) in [6.07, 6.45) is 0. The van der Waals surface area contributed by atoms with E-state index in [-0.39, 0.29) is 11.9 Å². The summed E-state index contributed by atoms with van der Waals surface area (Å²) < 4.78 is 1.82. The minimum absolute atomic E-state index is 0.0880. The molecule has 3 aromatic rings. The van der Waals surface area contributed by atoms with Gasteiger partial charge in [-0.1, -0.05) is 48.5 Å². The molecule has 0 aliphatic rings. The lowest BCUT2D eigenvalue weighted by atomic mass is 10.1. The summed E-state index contributed by atoms with van der Waals surface area (Å²) in [5.41, 5.74) is 4.35. The molecule has 1 unspecified atom stereocenters. The second-order valence-corrected chi connectivity index (χ2v) is 6.89. The van der Waals surface area contributed by atoms with Crippen LogP contribution in [-0.4, -0.2) is 41.2 Å². The molecule has 0 saturated carbocycles. The maximum absolute atomic E-state index is 12.9. The number of nitrogens with zero attached hydrogens (tertiary/aromatic N) is 3. The second kappa shape index (κ2) is 8.18. The molecule has 5 heteroatoms. The molecule has 0 saturated heterocycles. The quantitative estimate of drug-likeness (QED) is 0.730. The normalized spacial score (nSPS) is 12.2. The van der Waals surface area contributed by atoms with E-state index in [0.29, 0.717) is 12.1 Å². The molecular weight excluding hydrogens is 336 g/mol. The topological polar surface area (TPSA) is 50.2 Å². The molecule has 3 rings (SSSR count). The van der Waals surface area contributed by atoms with Crippen molar-refractivity contribution < 1.29 is 4.79 Å². The number of aryl methyl sites for hydroxylation is 1. The SMILES string of the molecule is Cc1nn(-c2ccccc2)c(C)c1C(=O)NCC(c1ccccc1)N(C)C. The second-order valence-electron chi connectivity index (χ2n) is 6.89. The van der Waals surface area contributed by atoms with Crippen molar-refractivity contribution >= 4 is 5.91 Å². The van der Waals surface area contributed by atoms with Gasteiger partial charge in [0.1, 0.15) is 0 Å². The van der Waals surface area contributed by atoms with Crippen LogP contribution >= 0.6 is 0 Å². The summed E-state index contributed by atoms with van der Waals surface area (Å²) >= 11 is 0. The Bertz CT molecular complexity index is 901. The third-order valence-electron chi connectivity index (χ3n) is 4.78. The van der Waals surface area contributed by atoms with Crippen LogP contribution in [0.1, 0.15) is 33.4 Å². The molecule has 1 amide bonds. The predicted molar refractivity (Wildman–Crippen MR) is 108 cm³/mol. The Hall–Kier alpha value is -2.92. The van der Waals surface area contributed by atoms with Gasteiger partial charge in [-0.25, -0.2) is 4.68 Å². The Balaban J connectivity index is 1.79. The van der Waals surface area contributed by atoms with Crippen LogP contribution in [0, 0.1) is 13.8 Å². The number of rotatable bonds is 6. The molecule has 0 fully saturated rings. The van der Waals surface area contributed by atoms with Gasteiger partial charge in [-0.15, -0.1) is 0 Å². The van der Waals surface area contributed by atoms with Gasteiger partial charge in [-0.3, -0.25) is 4.79 Å². The van der Waals surface area contributed by atoms with Crippen LogP contribution in [-0.2, 0) is 0 Å². The van der Waals surface area contributed by atoms with Gasteiger partial charge in [0.15, 0.2) is 0 Å². The summed E-state index contributed by atoms with van der Waals surface area (Å²) in [5, 5.41) is 7.66. The van der Waals surface area contributed by atoms with Gasteiger partial charge in [-0.2, -0.15) is 5.10 Å². The number of para-hydroxylation sites is 1. The number of aromatic nitrogens is 2. The Morgan fingerprint density at radius 2 is 1.63 bits per heavy atom. The van der Waals surface area contributed by atoms with Crippen molar-refractivity contribution in [2.24, 2.45) is 0 Å². The number of carbonyl (C=O) groups excluding carboxylic acids is 1. The Labute approximate surface area is 160 Å². The van der Waals surface area contributed by atoms with Crippen molar-refractivity contribution in [3.8, 4) is 5.69 Å². The van der Waals surface area contributed by atoms with Crippen molar-refractivity contribution in [3.05, 3.63) is 83.2 Å². The Morgan fingerprint density at radius 1 is 1.04 bits per heavy atom. The average molecular weight is 362 g/mol. The van der Waals surface area contributed by atoms with Crippen LogP contribution in [0.3, 0.4) is 0 Å². The van der Waals surface area contributed by atoms with E-state index in [9.17, 15) is 4.79 Å². The largest absolute Gasteiger partial charge is 0.350 e. The van der Waals surface area contributed by atoms with Crippen LogP contribution in [0.4, 0.5) is 0 Å². The molecule has 0 aliphatic carbocycles. The molecule has 27 heavy (non-hydrogen) atoms. The molecule has 2 aromatic carbocycles. The molecule has 0 spiro atoms. The summed E-state index contributed by atoms with van der Waals surface area (Å²) in [4.78, 5) is 15.0. The highest BCUT2D eigenvalue weighted by atomic mass is 16.1. The molecule has 0 aliphatic heterocycles. The molecule has 0 bridgehead atoms. The third-order valence-corrected chi connectivity index (χ3v) is 4.78. The number of amides is 1. The van der Waals surface area contributed by atoms with Gasteiger partial charge in [-0.05, 0) is 45.6 Å². The van der Waals surface area contributed by atoms with Crippen LogP contribution in [0.5, 0.6) is 0 Å². The zero-order chi connectivity index (χ0) is 19.4. The van der Waals surface area contributed by atoms with E-state index in [4.69, 9.17) is 0 Å². The fraction of sp³-hybridized carbons (Fsp3) is 0.273. The van der Waals surface area contributed by atoms with Crippen molar-refractivity contribution in [1.29, 1.82) is 0 Å². The number of hydrogen-bond acceptors (Lipinski definition) is 3. The summed E-state index contributed by atoms with van der Waals surface area (Å²) in [7, 11) is 4.04. The van der Waals surface area contributed by atoms with Gasteiger partial charge in [0.25, 0.3) is 5.91 Å². The first kappa shape index (κ1) is 18.9. The standard InChI is InChI=1S/C22H26N4O/c1-16-21(17(2)26(24-16)19-13-9-6-10-14-19)22(27)23-15-20(25(3)4)18-11-7-5-8-12-18/h5-14,20H,15H2,1-4H3,(H,23,27). The van der Waals surface area contributed by atoms with E-state index in [1.165, 1.54) is 5.56 Å². The highest BCUT2D eigenvalue weighted by Gasteiger charge is 2.21. The zero-order valence-corrected chi connectivity index (χ0v) is 16.3. The molecular formula is C22H26N4O. The number of nitrogens with one attached hydrogen (secondary N) is 1. The van der Waals surface area contributed by atoms with Crippen molar-refractivity contribution in [3.63, 3.8) is 0 Å². The first-order valence-electron chi connectivity index (χ1n) is 9.10. The van der Waals surface area contributed by atoms with Gasteiger partial charge >= 0.3 is 0 Å². The number of carbonyl (C=O) groups is 1. The van der Waals surface area contributed by atoms with E-state index in [0.717, 1.165) is 17.1 Å². The van der Waals surface area contributed by atoms with Crippen LogP contribution in [0.15, 0.2) is 60.7 Å². The third kappa shape index (κ3) is 4.09. The van der Waals surface area contributed by atoms with Crippen LogP contribution in [0.25, 0.3) is 5.69 Å². The molecule has 1 N–H and O–H groups in total. The molecule has 1 heterocycles. The van der Waals surface area contributed by atoms with E-state index in [1.54, 1.807) is 0 Å². The lowest BCUT2D eigenvalue weighted by Crippen LogP contribution is -2.35. The van der Waals surface area contributed by atoms with Gasteiger partial charge in [0.2, 0.25) is 0 Å². The fourth-order valence-corrected chi connectivity index (χ4v) is 3.34. The first-order chi connectivity index (χ1) is 13.0. The first-order valence-corrected chi connectivity index (χ1v) is 9.10. The number of likely N-dealkylation sites (N-methyl/N-ethyl adjacent to an activating group) is 1. The number of benzene rings is 2. The Kier molecular flexibility index (Phi) is 5.72. The van der Waals surface area contributed by atoms with Crippen LogP contribution < -0.4 is 5.32 Å². The fourth-order valence-electron chi connectivity index (χ4n) is 3.34. The predicted octanol–water partition coefficient (Wildman–Crippen LogP) is 3.52. The highest BCUT2D eigenvalue weighted by Crippen LogP contribution is 2.20. The van der Waals surface area contributed by atoms with Crippen molar-refractivity contribution in [2.45, 2.75) is 19.9 Å². The minimum Gasteiger partial charge on any atom is -0.350 e. The smallest absolute Gasteiger partial charge is 0.255 e. The van der Waals surface area contributed by atoms with Gasteiger partial charge < -0.3 is 10.2 Å². The molecule has 1 aromatic heterocycles. The maximum Gasteiger partial charge on any atom is 0.255 e. The van der Waals surface area contributed by atoms with E-state index >= 15 is 0 Å². The molecule has 140 valence electrons. The van der Waals surface area contributed by atoms with Crippen molar-refractivity contribution in [2.75, 3.05) is 20.6 Å². The van der Waals surface area contributed by atoms with E-state index in [2.05, 4.69) is 27.4 Å². The average Bonchev–Trinajstić information content (AvgIpc) is 2.97. The Morgan fingerprint density at radius 3 is 2.22 bits per heavy atom. The van der Waals surface area contributed by atoms with E-state index in [1.807, 2.05) is 81.2 Å². The molecule has 0 radical (unpaired) electrons. The lowest BCUT2D eigenvalue weighted by molar-refractivity contribution is 0.0940. The minimum atomic E-state index is -0.0880. The van der Waals surface area contributed by atoms with Crippen LogP contribution in [0.2, 0.25) is 0 Å². The zero-order valence-electron chi connectivity index (χ0n) is 16.3. The highest BCUT2D eigenvalue weighted by molar-refractivity contribution is 5.96. The van der Waals surface area contributed by atoms with Gasteiger partial charge in [0, 0.05) is 6.54 Å². The van der Waals surface area contributed by atoms with E-state index < -0.39 is 0 Å². The summed E-state index contributed by atoms with van der Waals surface area (Å²) in [6.45, 7) is 4.34. The molecule has 1 atom stereocenters. The maximum atomic E-state index is 12.9. The summed E-state index contributed by atoms with van der Waals surface area (Å²) in [5.74, 6) is -0.0880. The lowest BCUT2D eigenvalue weighted by Gasteiger charge is -2.25. The van der Waals surface area contributed by atoms with Gasteiger partial charge in [0.05, 0.1) is 28.7 Å².